The molecule has 2 aliphatic carbocycles. The number of methoxy groups -OCH3 is 1. The van der Waals surface area contributed by atoms with Crippen molar-refractivity contribution in [3.05, 3.63) is 57.9 Å². The summed E-state index contributed by atoms with van der Waals surface area (Å²) in [7, 11) is 1.70. The summed E-state index contributed by atoms with van der Waals surface area (Å²) in [6.07, 6.45) is 3.66. The van der Waals surface area contributed by atoms with Gasteiger partial charge in [-0.2, -0.15) is 16.4 Å². The number of amides is 1. The van der Waals surface area contributed by atoms with Gasteiger partial charge in [-0.15, -0.1) is 0 Å². The summed E-state index contributed by atoms with van der Waals surface area (Å²) in [5.41, 5.74) is 5.79. The zero-order chi connectivity index (χ0) is 20.2. The molecular formula is C24H25N3O2S. The number of likely N-dealkylation sites (tertiary alicyclic amines) is 1. The molecule has 30 heavy (non-hydrogen) atoms. The lowest BCUT2D eigenvalue weighted by Gasteiger charge is -2.17. The number of carbonyl (C=O) groups excluding carboxylic acids is 1. The Morgan fingerprint density at radius 1 is 1.27 bits per heavy atom. The molecule has 0 spiro atoms. The average Bonchev–Trinajstić information content (AvgIpc) is 3.15. The first kappa shape index (κ1) is 18.2. The number of rotatable bonds is 5. The highest BCUT2D eigenvalue weighted by Gasteiger charge is 2.46. The minimum atomic E-state index is 0.167. The highest BCUT2D eigenvalue weighted by molar-refractivity contribution is 7.08. The first-order valence-corrected chi connectivity index (χ1v) is 11.7. The first-order valence-electron chi connectivity index (χ1n) is 10.8. The number of fused-ring (bicyclic) bond motifs is 3. The molecule has 0 unspecified atom stereocenters. The van der Waals surface area contributed by atoms with E-state index in [1.54, 1.807) is 18.4 Å². The standard InChI is InChI=1S/C24H25N3O2S/c1-29-19-4-2-3-16(9-19)23-22-20-13-26(24(28)17-7-8-30-14-17)12-18(20)10-21(22)27(25-23)11-15-5-6-15/h2-4,7-9,14-15,18,20H,5-6,10-13H2,1H3/t18-,20+/m1/s1. The van der Waals surface area contributed by atoms with Crippen molar-refractivity contribution < 1.29 is 9.53 Å². The van der Waals surface area contributed by atoms with Gasteiger partial charge in [0.25, 0.3) is 5.91 Å². The number of hydrogen-bond donors (Lipinski definition) is 0. The van der Waals surface area contributed by atoms with Crippen LogP contribution in [-0.2, 0) is 13.0 Å². The van der Waals surface area contributed by atoms with Crippen LogP contribution in [-0.4, -0.2) is 40.8 Å². The van der Waals surface area contributed by atoms with E-state index in [0.29, 0.717) is 11.8 Å². The van der Waals surface area contributed by atoms with Crippen LogP contribution in [0.3, 0.4) is 0 Å². The van der Waals surface area contributed by atoms with Crippen LogP contribution >= 0.6 is 11.3 Å². The molecule has 2 atom stereocenters. The summed E-state index contributed by atoms with van der Waals surface area (Å²) in [6.45, 7) is 2.66. The Labute approximate surface area is 180 Å². The van der Waals surface area contributed by atoms with Crippen LogP contribution in [0.4, 0.5) is 0 Å². The second-order valence-corrected chi connectivity index (χ2v) is 9.64. The van der Waals surface area contributed by atoms with E-state index in [0.717, 1.165) is 54.5 Å². The Balaban J connectivity index is 1.37. The molecule has 3 heterocycles. The van der Waals surface area contributed by atoms with E-state index in [1.165, 1.54) is 24.1 Å². The van der Waals surface area contributed by atoms with Gasteiger partial charge in [-0.25, -0.2) is 0 Å². The van der Waals surface area contributed by atoms with Crippen LogP contribution in [0.1, 0.15) is 40.4 Å². The highest BCUT2D eigenvalue weighted by Crippen LogP contribution is 2.48. The van der Waals surface area contributed by atoms with Gasteiger partial charge in [0.1, 0.15) is 5.75 Å². The number of ether oxygens (including phenoxy) is 1. The van der Waals surface area contributed by atoms with Gasteiger partial charge in [0.15, 0.2) is 0 Å². The Bertz CT molecular complexity index is 1100. The fourth-order valence-corrected chi connectivity index (χ4v) is 5.81. The largest absolute Gasteiger partial charge is 0.497 e. The third-order valence-electron chi connectivity index (χ3n) is 6.89. The van der Waals surface area contributed by atoms with E-state index in [4.69, 9.17) is 9.84 Å². The van der Waals surface area contributed by atoms with E-state index < -0.39 is 0 Å². The summed E-state index contributed by atoms with van der Waals surface area (Å²) < 4.78 is 7.75. The van der Waals surface area contributed by atoms with Crippen LogP contribution < -0.4 is 4.74 Å². The highest BCUT2D eigenvalue weighted by atomic mass is 32.1. The maximum absolute atomic E-state index is 12.9. The van der Waals surface area contributed by atoms with E-state index in [-0.39, 0.29) is 5.91 Å². The molecule has 1 aromatic carbocycles. The molecule has 6 heteroatoms. The van der Waals surface area contributed by atoms with Gasteiger partial charge in [-0.1, -0.05) is 12.1 Å². The van der Waals surface area contributed by atoms with Gasteiger partial charge in [0.05, 0.1) is 18.4 Å². The molecule has 1 saturated carbocycles. The van der Waals surface area contributed by atoms with Crippen molar-refractivity contribution in [2.24, 2.45) is 11.8 Å². The van der Waals surface area contributed by atoms with Gasteiger partial charge < -0.3 is 9.64 Å². The molecule has 2 fully saturated rings. The van der Waals surface area contributed by atoms with Gasteiger partial charge in [-0.05, 0) is 54.7 Å². The maximum atomic E-state index is 12.9. The second-order valence-electron chi connectivity index (χ2n) is 8.86. The number of nitrogens with zero attached hydrogens (tertiary/aromatic N) is 3. The van der Waals surface area contributed by atoms with Crippen molar-refractivity contribution in [1.29, 1.82) is 0 Å². The average molecular weight is 420 g/mol. The van der Waals surface area contributed by atoms with Crippen molar-refractivity contribution >= 4 is 17.2 Å². The molecule has 154 valence electrons. The minimum Gasteiger partial charge on any atom is -0.497 e. The Morgan fingerprint density at radius 3 is 2.93 bits per heavy atom. The van der Waals surface area contributed by atoms with Crippen LogP contribution in [0.2, 0.25) is 0 Å². The van der Waals surface area contributed by atoms with E-state index in [2.05, 4.69) is 16.8 Å². The fraction of sp³-hybridized carbons (Fsp3) is 0.417. The van der Waals surface area contributed by atoms with Crippen molar-refractivity contribution in [3.8, 4) is 17.0 Å². The van der Waals surface area contributed by atoms with Gasteiger partial charge >= 0.3 is 0 Å². The fourth-order valence-electron chi connectivity index (χ4n) is 5.18. The topological polar surface area (TPSA) is 47.4 Å². The van der Waals surface area contributed by atoms with Crippen molar-refractivity contribution in [3.63, 3.8) is 0 Å². The van der Waals surface area contributed by atoms with E-state index >= 15 is 0 Å². The molecule has 1 aliphatic heterocycles. The van der Waals surface area contributed by atoms with Gasteiger partial charge in [0, 0.05) is 47.8 Å². The zero-order valence-corrected chi connectivity index (χ0v) is 17.9. The number of hydrogen-bond acceptors (Lipinski definition) is 4. The summed E-state index contributed by atoms with van der Waals surface area (Å²) in [5.74, 6) is 2.67. The molecule has 6 rings (SSSR count). The Morgan fingerprint density at radius 2 is 2.17 bits per heavy atom. The SMILES string of the molecule is COc1cccc(-c2nn(CC3CC3)c3c2[C@H]2CN(C(=O)c4ccsc4)C[C@H]2C3)c1. The van der Waals surface area contributed by atoms with Gasteiger partial charge in [0.2, 0.25) is 0 Å². The number of thiophene rings is 1. The van der Waals surface area contributed by atoms with Crippen molar-refractivity contribution in [2.75, 3.05) is 20.2 Å². The lowest BCUT2D eigenvalue weighted by Crippen LogP contribution is -2.29. The molecule has 0 radical (unpaired) electrons. The number of benzene rings is 1. The summed E-state index contributed by atoms with van der Waals surface area (Å²) in [5, 5.41) is 9.03. The smallest absolute Gasteiger partial charge is 0.254 e. The third-order valence-corrected chi connectivity index (χ3v) is 7.58. The predicted octanol–water partition coefficient (Wildman–Crippen LogP) is 4.44. The molecule has 2 aromatic heterocycles. The zero-order valence-electron chi connectivity index (χ0n) is 17.1. The lowest BCUT2D eigenvalue weighted by molar-refractivity contribution is 0.0785. The Kier molecular flexibility index (Phi) is 4.23. The monoisotopic (exact) mass is 419 g/mol. The summed E-state index contributed by atoms with van der Waals surface area (Å²) >= 11 is 1.58. The normalized spacial score (nSPS) is 22.2. The van der Waals surface area contributed by atoms with Crippen molar-refractivity contribution in [2.45, 2.75) is 31.7 Å². The molecule has 0 N–H and O–H groups in total. The molecule has 5 nitrogen and oxygen atoms in total. The maximum Gasteiger partial charge on any atom is 0.254 e. The van der Waals surface area contributed by atoms with Crippen LogP contribution in [0, 0.1) is 11.8 Å². The predicted molar refractivity (Wildman–Crippen MR) is 117 cm³/mol. The van der Waals surface area contributed by atoms with Crippen molar-refractivity contribution in [1.82, 2.24) is 14.7 Å². The quantitative estimate of drug-likeness (QED) is 0.614. The summed E-state index contributed by atoms with van der Waals surface area (Å²) in [6, 6.07) is 10.2. The van der Waals surface area contributed by atoms with Gasteiger partial charge in [-0.3, -0.25) is 9.48 Å². The molecule has 3 aliphatic rings. The van der Waals surface area contributed by atoms with E-state index in [1.807, 2.05) is 33.9 Å². The minimum absolute atomic E-state index is 0.167. The third kappa shape index (κ3) is 2.97. The summed E-state index contributed by atoms with van der Waals surface area (Å²) in [4.78, 5) is 15.0. The second kappa shape index (κ2) is 6.98. The molecule has 1 amide bonds. The number of carbonyl (C=O) groups is 1. The molecule has 0 bridgehead atoms. The van der Waals surface area contributed by atoms with Crippen LogP contribution in [0.5, 0.6) is 5.75 Å². The molecule has 1 saturated heterocycles. The van der Waals surface area contributed by atoms with Crippen LogP contribution in [0.15, 0.2) is 41.1 Å². The lowest BCUT2D eigenvalue weighted by atomic mass is 9.94. The molecule has 3 aromatic rings. The number of aromatic nitrogens is 2. The van der Waals surface area contributed by atoms with E-state index in [9.17, 15) is 4.79 Å². The van der Waals surface area contributed by atoms with Crippen LogP contribution in [0.25, 0.3) is 11.3 Å². The Hall–Kier alpha value is -2.60. The first-order chi connectivity index (χ1) is 14.7. The molecular weight excluding hydrogens is 394 g/mol.